The molecule has 1 unspecified atom stereocenters. The smallest absolute Gasteiger partial charge is 0.274 e. The van der Waals surface area contributed by atoms with Gasteiger partial charge in [-0.15, -0.1) is 0 Å². The number of hydrogen-bond donors (Lipinski definition) is 0. The number of carbonyl (C=O) groups is 1. The van der Waals surface area contributed by atoms with E-state index in [1.165, 1.54) is 12.1 Å². The van der Waals surface area contributed by atoms with E-state index < -0.39 is 11.6 Å². The highest BCUT2D eigenvalue weighted by Crippen LogP contribution is 2.47. The molecule has 1 amide bonds. The molecular formula is C22H22ClF2N3O2. The number of likely N-dealkylation sites (tertiary alicyclic amines) is 1. The number of piperidine rings is 1. The molecule has 0 bridgehead atoms. The molecule has 3 saturated heterocycles. The molecule has 2 aromatic rings. The molecule has 3 aliphatic heterocycles. The lowest BCUT2D eigenvalue weighted by molar-refractivity contribution is -0.0759. The van der Waals surface area contributed by atoms with Crippen molar-refractivity contribution in [3.63, 3.8) is 0 Å². The maximum absolute atomic E-state index is 13.7. The third kappa shape index (κ3) is 3.49. The van der Waals surface area contributed by atoms with Gasteiger partial charge >= 0.3 is 0 Å². The Labute approximate surface area is 178 Å². The Hall–Kier alpha value is -2.09. The van der Waals surface area contributed by atoms with Crippen LogP contribution in [0, 0.1) is 11.6 Å². The summed E-state index contributed by atoms with van der Waals surface area (Å²) in [6.45, 7) is 1.82. The zero-order chi connectivity index (χ0) is 20.9. The van der Waals surface area contributed by atoms with E-state index in [9.17, 15) is 13.6 Å². The summed E-state index contributed by atoms with van der Waals surface area (Å²) in [7, 11) is 0. The van der Waals surface area contributed by atoms with Crippen LogP contribution in [0.2, 0.25) is 5.02 Å². The van der Waals surface area contributed by atoms with Crippen molar-refractivity contribution in [1.82, 2.24) is 14.8 Å². The number of halogens is 3. The Morgan fingerprint density at radius 3 is 2.60 bits per heavy atom. The summed E-state index contributed by atoms with van der Waals surface area (Å²) in [5.74, 6) is -1.27. The van der Waals surface area contributed by atoms with E-state index in [0.717, 1.165) is 18.9 Å². The highest BCUT2D eigenvalue weighted by atomic mass is 35.5. The predicted molar refractivity (Wildman–Crippen MR) is 107 cm³/mol. The number of pyridine rings is 1. The molecule has 5 rings (SSSR count). The van der Waals surface area contributed by atoms with Crippen LogP contribution in [0.15, 0.2) is 36.5 Å². The summed E-state index contributed by atoms with van der Waals surface area (Å²) in [5, 5.41) is 0.353. The van der Waals surface area contributed by atoms with Gasteiger partial charge in [0, 0.05) is 37.9 Å². The molecule has 1 aromatic carbocycles. The lowest BCUT2D eigenvalue weighted by Gasteiger charge is -2.39. The average molecular weight is 434 g/mol. The third-order valence-corrected chi connectivity index (χ3v) is 6.81. The van der Waals surface area contributed by atoms with Gasteiger partial charge in [-0.2, -0.15) is 0 Å². The second-order valence-corrected chi connectivity index (χ2v) is 8.76. The van der Waals surface area contributed by atoms with Crippen molar-refractivity contribution in [1.29, 1.82) is 0 Å². The van der Waals surface area contributed by atoms with E-state index >= 15 is 0 Å². The normalized spacial score (nSPS) is 25.6. The van der Waals surface area contributed by atoms with Gasteiger partial charge in [0.1, 0.15) is 23.6 Å². The van der Waals surface area contributed by atoms with Gasteiger partial charge in [0.05, 0.1) is 10.6 Å². The molecule has 1 spiro atoms. The Kier molecular flexibility index (Phi) is 5.00. The van der Waals surface area contributed by atoms with E-state index in [2.05, 4.69) is 9.88 Å². The van der Waals surface area contributed by atoms with Crippen molar-refractivity contribution in [2.45, 2.75) is 43.6 Å². The first-order chi connectivity index (χ1) is 14.4. The second kappa shape index (κ2) is 7.55. The van der Waals surface area contributed by atoms with Crippen molar-refractivity contribution in [3.8, 4) is 0 Å². The van der Waals surface area contributed by atoms with Crippen LogP contribution >= 0.6 is 11.6 Å². The molecule has 1 aromatic heterocycles. The second-order valence-electron chi connectivity index (χ2n) is 8.35. The summed E-state index contributed by atoms with van der Waals surface area (Å²) in [6.07, 6.45) is 4.58. The topological polar surface area (TPSA) is 45.7 Å². The van der Waals surface area contributed by atoms with Crippen LogP contribution < -0.4 is 0 Å². The Balaban J connectivity index is 1.27. The van der Waals surface area contributed by atoms with E-state index in [1.807, 2.05) is 0 Å². The van der Waals surface area contributed by atoms with E-state index in [0.29, 0.717) is 43.1 Å². The molecule has 158 valence electrons. The number of aromatic nitrogens is 1. The first-order valence-corrected chi connectivity index (χ1v) is 10.6. The molecule has 0 aliphatic carbocycles. The molecule has 0 saturated carbocycles. The van der Waals surface area contributed by atoms with Gasteiger partial charge in [-0.25, -0.2) is 13.8 Å². The Morgan fingerprint density at radius 2 is 1.90 bits per heavy atom. The lowest BCUT2D eigenvalue weighted by Crippen LogP contribution is -2.49. The summed E-state index contributed by atoms with van der Waals surface area (Å²) in [6, 6.07) is 7.05. The minimum absolute atomic E-state index is 0.0474. The monoisotopic (exact) mass is 433 g/mol. The van der Waals surface area contributed by atoms with Gasteiger partial charge in [0.25, 0.3) is 5.91 Å². The van der Waals surface area contributed by atoms with Gasteiger partial charge < -0.3 is 9.64 Å². The molecule has 8 heteroatoms. The number of carbonyl (C=O) groups excluding carboxylic acids is 1. The minimum Gasteiger partial charge on any atom is -0.355 e. The Morgan fingerprint density at radius 1 is 1.17 bits per heavy atom. The largest absolute Gasteiger partial charge is 0.355 e. The standard InChI is InChI=1S/C22H22ClF2N3O2/c23-17-2-1-7-26-20(17)21(29)27-8-5-22(6-9-27)13-28-18(3-4-19(28)30-22)14-10-15(24)12-16(25)11-14/h1-2,7,10-12,18-19H,3-6,8-9,13H2/t18-,19?/m0/s1. The number of fused-ring (bicyclic) bond motifs is 1. The molecule has 3 aliphatic rings. The van der Waals surface area contributed by atoms with Crippen LogP contribution in [0.3, 0.4) is 0 Å². The Bertz CT molecular complexity index is 960. The predicted octanol–water partition coefficient (Wildman–Crippen LogP) is 4.18. The average Bonchev–Trinajstić information content (AvgIpc) is 3.25. The van der Waals surface area contributed by atoms with Gasteiger partial charge in [-0.05, 0) is 55.5 Å². The SMILES string of the molecule is O=C(c1ncccc1Cl)N1CCC2(CC1)CN1C(CC[C@H]1c1cc(F)cc(F)c1)O2. The molecule has 5 nitrogen and oxygen atoms in total. The highest BCUT2D eigenvalue weighted by molar-refractivity contribution is 6.33. The first kappa shape index (κ1) is 19.8. The van der Waals surface area contributed by atoms with Gasteiger partial charge in [0.2, 0.25) is 0 Å². The van der Waals surface area contributed by atoms with Crippen molar-refractivity contribution in [2.24, 2.45) is 0 Å². The summed E-state index contributed by atoms with van der Waals surface area (Å²) >= 11 is 6.13. The van der Waals surface area contributed by atoms with E-state index in [4.69, 9.17) is 16.3 Å². The number of benzene rings is 1. The van der Waals surface area contributed by atoms with Gasteiger partial charge in [0.15, 0.2) is 0 Å². The van der Waals surface area contributed by atoms with Crippen LogP contribution in [-0.4, -0.2) is 52.2 Å². The molecule has 2 atom stereocenters. The number of rotatable bonds is 2. The van der Waals surface area contributed by atoms with Gasteiger partial charge in [-0.3, -0.25) is 9.69 Å². The van der Waals surface area contributed by atoms with E-state index in [1.54, 1.807) is 23.2 Å². The molecule has 0 N–H and O–H groups in total. The number of amides is 1. The number of hydrogen-bond acceptors (Lipinski definition) is 4. The molecule has 0 radical (unpaired) electrons. The van der Waals surface area contributed by atoms with Crippen molar-refractivity contribution in [3.05, 3.63) is 64.4 Å². The molecule has 3 fully saturated rings. The van der Waals surface area contributed by atoms with Crippen LogP contribution in [0.25, 0.3) is 0 Å². The first-order valence-electron chi connectivity index (χ1n) is 10.2. The lowest BCUT2D eigenvalue weighted by atomic mass is 9.90. The molecule has 4 heterocycles. The minimum atomic E-state index is -0.553. The quantitative estimate of drug-likeness (QED) is 0.712. The van der Waals surface area contributed by atoms with Crippen LogP contribution in [-0.2, 0) is 4.74 Å². The zero-order valence-electron chi connectivity index (χ0n) is 16.4. The fourth-order valence-electron chi connectivity index (χ4n) is 5.04. The number of ether oxygens (including phenoxy) is 1. The summed E-state index contributed by atoms with van der Waals surface area (Å²) in [4.78, 5) is 20.9. The van der Waals surface area contributed by atoms with Gasteiger partial charge in [-0.1, -0.05) is 11.6 Å². The van der Waals surface area contributed by atoms with Crippen molar-refractivity contribution in [2.75, 3.05) is 19.6 Å². The maximum atomic E-state index is 13.7. The molecule has 30 heavy (non-hydrogen) atoms. The van der Waals surface area contributed by atoms with E-state index in [-0.39, 0.29) is 29.5 Å². The third-order valence-electron chi connectivity index (χ3n) is 6.51. The highest BCUT2D eigenvalue weighted by Gasteiger charge is 2.51. The van der Waals surface area contributed by atoms with Crippen LogP contribution in [0.5, 0.6) is 0 Å². The van der Waals surface area contributed by atoms with Crippen molar-refractivity contribution >= 4 is 17.5 Å². The maximum Gasteiger partial charge on any atom is 0.274 e. The zero-order valence-corrected chi connectivity index (χ0v) is 17.1. The molecular weight excluding hydrogens is 412 g/mol. The fourth-order valence-corrected chi connectivity index (χ4v) is 5.24. The summed E-state index contributed by atoms with van der Waals surface area (Å²) in [5.41, 5.74) is 0.601. The van der Waals surface area contributed by atoms with Crippen LogP contribution in [0.4, 0.5) is 8.78 Å². The van der Waals surface area contributed by atoms with Crippen molar-refractivity contribution < 1.29 is 18.3 Å². The number of nitrogens with zero attached hydrogens (tertiary/aromatic N) is 3. The summed E-state index contributed by atoms with van der Waals surface area (Å²) < 4.78 is 33.9. The van der Waals surface area contributed by atoms with Crippen LogP contribution in [0.1, 0.15) is 47.8 Å². The fraction of sp³-hybridized carbons (Fsp3) is 0.455.